The van der Waals surface area contributed by atoms with Gasteiger partial charge >= 0.3 is 0 Å². The second-order valence-corrected chi connectivity index (χ2v) is 6.59. The normalized spacial score (nSPS) is 22.6. The summed E-state index contributed by atoms with van der Waals surface area (Å²) in [7, 11) is 1.67. The summed E-state index contributed by atoms with van der Waals surface area (Å²) < 4.78 is 5.26. The Morgan fingerprint density at radius 1 is 1.17 bits per heavy atom. The maximum absolute atomic E-state index is 10.6. The summed E-state index contributed by atoms with van der Waals surface area (Å²) in [5.74, 6) is 1.19. The van der Waals surface area contributed by atoms with Crippen LogP contribution in [0.3, 0.4) is 0 Å². The Labute approximate surface area is 110 Å². The minimum absolute atomic E-state index is 0.195. The molecule has 2 rings (SSSR count). The molecule has 1 aromatic carbocycles. The first-order chi connectivity index (χ1) is 8.23. The minimum Gasteiger partial charge on any atom is -0.496 e. The van der Waals surface area contributed by atoms with Gasteiger partial charge in [-0.05, 0) is 41.0 Å². The largest absolute Gasteiger partial charge is 0.496 e. The fourth-order valence-electron chi connectivity index (χ4n) is 3.31. The van der Waals surface area contributed by atoms with Crippen molar-refractivity contribution in [2.45, 2.75) is 40.7 Å². The molecule has 0 aliphatic heterocycles. The maximum Gasteiger partial charge on any atom is 0.121 e. The number of methoxy groups -OCH3 is 1. The summed E-state index contributed by atoms with van der Waals surface area (Å²) in [5.41, 5.74) is 2.46. The highest BCUT2D eigenvalue weighted by atomic mass is 16.5. The average Bonchev–Trinajstić information content (AvgIpc) is 2.68. The third-order valence-electron chi connectivity index (χ3n) is 5.21. The van der Waals surface area contributed by atoms with Gasteiger partial charge in [-0.1, -0.05) is 33.8 Å². The van der Waals surface area contributed by atoms with Gasteiger partial charge in [-0.3, -0.25) is 0 Å². The minimum atomic E-state index is -0.389. The van der Waals surface area contributed by atoms with Gasteiger partial charge in [-0.2, -0.15) is 0 Å². The van der Waals surface area contributed by atoms with E-state index in [1.807, 2.05) is 25.1 Å². The lowest BCUT2D eigenvalue weighted by Crippen LogP contribution is -2.06. The highest BCUT2D eigenvalue weighted by Gasteiger charge is 2.67. The van der Waals surface area contributed by atoms with Crippen molar-refractivity contribution in [2.24, 2.45) is 16.7 Å². The lowest BCUT2D eigenvalue weighted by molar-refractivity contribution is 0.130. The van der Waals surface area contributed by atoms with Crippen molar-refractivity contribution in [1.29, 1.82) is 0 Å². The van der Waals surface area contributed by atoms with Crippen LogP contribution in [0.4, 0.5) is 0 Å². The number of aliphatic hydroxyl groups is 1. The van der Waals surface area contributed by atoms with Crippen LogP contribution >= 0.6 is 0 Å². The van der Waals surface area contributed by atoms with E-state index in [4.69, 9.17) is 4.74 Å². The third-order valence-corrected chi connectivity index (χ3v) is 5.21. The molecule has 18 heavy (non-hydrogen) atoms. The molecule has 0 amide bonds. The molecule has 1 N–H and O–H groups in total. The quantitative estimate of drug-likeness (QED) is 0.883. The second-order valence-electron chi connectivity index (χ2n) is 6.59. The summed E-state index contributed by atoms with van der Waals surface area (Å²) in [6.45, 7) is 10.9. The van der Waals surface area contributed by atoms with Crippen LogP contribution in [-0.2, 0) is 0 Å². The Morgan fingerprint density at radius 2 is 1.72 bits per heavy atom. The molecule has 0 saturated heterocycles. The van der Waals surface area contributed by atoms with Crippen molar-refractivity contribution < 1.29 is 9.84 Å². The van der Waals surface area contributed by atoms with Crippen molar-refractivity contribution in [1.82, 2.24) is 0 Å². The number of hydrogen-bond donors (Lipinski definition) is 1. The first-order valence-corrected chi connectivity index (χ1v) is 6.56. The molecule has 0 spiro atoms. The molecule has 1 aromatic rings. The van der Waals surface area contributed by atoms with Crippen LogP contribution in [0.5, 0.6) is 5.75 Å². The van der Waals surface area contributed by atoms with E-state index < -0.39 is 0 Å². The van der Waals surface area contributed by atoms with E-state index in [9.17, 15) is 5.11 Å². The average molecular weight is 248 g/mol. The van der Waals surface area contributed by atoms with Gasteiger partial charge in [0, 0.05) is 5.92 Å². The predicted molar refractivity (Wildman–Crippen MR) is 73.7 cm³/mol. The summed E-state index contributed by atoms with van der Waals surface area (Å²) in [4.78, 5) is 0. The van der Waals surface area contributed by atoms with E-state index in [0.717, 1.165) is 16.9 Å². The van der Waals surface area contributed by atoms with Crippen molar-refractivity contribution in [3.8, 4) is 5.75 Å². The van der Waals surface area contributed by atoms with E-state index in [1.165, 1.54) is 0 Å². The lowest BCUT2D eigenvalue weighted by atomic mass is 9.98. The SMILES string of the molecule is COc1ccc(C(O)C2C(C)(C)C2(C)C)cc1C. The molecule has 0 aromatic heterocycles. The van der Waals surface area contributed by atoms with Gasteiger partial charge in [0.25, 0.3) is 0 Å². The topological polar surface area (TPSA) is 29.5 Å². The maximum atomic E-state index is 10.6. The predicted octanol–water partition coefficient (Wildman–Crippen LogP) is 3.72. The molecule has 1 aliphatic carbocycles. The van der Waals surface area contributed by atoms with Gasteiger partial charge < -0.3 is 9.84 Å². The van der Waals surface area contributed by atoms with Crippen LogP contribution in [0.1, 0.15) is 44.9 Å². The lowest BCUT2D eigenvalue weighted by Gasteiger charge is -2.15. The fraction of sp³-hybridized carbons (Fsp3) is 0.625. The van der Waals surface area contributed by atoms with Gasteiger partial charge in [0.1, 0.15) is 5.75 Å². The standard InChI is InChI=1S/C16H24O2/c1-10-9-11(7-8-12(10)18-6)13(17)14-15(2,3)16(14,4)5/h7-9,13-14,17H,1-6H3. The molecule has 100 valence electrons. The zero-order valence-electron chi connectivity index (χ0n) is 12.2. The highest BCUT2D eigenvalue weighted by Crippen LogP contribution is 2.72. The number of benzene rings is 1. The summed E-state index contributed by atoms with van der Waals surface area (Å²) in [6.07, 6.45) is -0.389. The Kier molecular flexibility index (Phi) is 2.97. The molecule has 2 heteroatoms. The fourth-order valence-corrected chi connectivity index (χ4v) is 3.31. The smallest absolute Gasteiger partial charge is 0.121 e. The van der Waals surface area contributed by atoms with Crippen LogP contribution < -0.4 is 4.74 Å². The molecule has 1 unspecified atom stereocenters. The van der Waals surface area contributed by atoms with E-state index in [1.54, 1.807) is 7.11 Å². The van der Waals surface area contributed by atoms with E-state index in [2.05, 4.69) is 27.7 Å². The van der Waals surface area contributed by atoms with Crippen molar-refractivity contribution in [3.05, 3.63) is 29.3 Å². The molecular formula is C16H24O2. The summed E-state index contributed by atoms with van der Waals surface area (Å²) in [5, 5.41) is 10.6. The molecular weight excluding hydrogens is 224 g/mol. The number of aliphatic hydroxyl groups excluding tert-OH is 1. The van der Waals surface area contributed by atoms with Crippen LogP contribution in [-0.4, -0.2) is 12.2 Å². The zero-order chi connectivity index (χ0) is 13.7. The molecule has 2 nitrogen and oxygen atoms in total. The van der Waals surface area contributed by atoms with E-state index >= 15 is 0 Å². The Balaban J connectivity index is 2.26. The van der Waals surface area contributed by atoms with E-state index in [-0.39, 0.29) is 16.9 Å². The Morgan fingerprint density at radius 3 is 2.11 bits per heavy atom. The number of hydrogen-bond acceptors (Lipinski definition) is 2. The van der Waals surface area contributed by atoms with Crippen molar-refractivity contribution >= 4 is 0 Å². The molecule has 1 saturated carbocycles. The van der Waals surface area contributed by atoms with Gasteiger partial charge in [0.05, 0.1) is 13.2 Å². The van der Waals surface area contributed by atoms with Crippen LogP contribution in [0.2, 0.25) is 0 Å². The highest BCUT2D eigenvalue weighted by molar-refractivity contribution is 5.38. The van der Waals surface area contributed by atoms with Crippen LogP contribution in [0.15, 0.2) is 18.2 Å². The van der Waals surface area contributed by atoms with Gasteiger partial charge in [-0.15, -0.1) is 0 Å². The van der Waals surface area contributed by atoms with Crippen molar-refractivity contribution in [3.63, 3.8) is 0 Å². The summed E-state index contributed by atoms with van der Waals surface area (Å²) in [6, 6.07) is 5.95. The summed E-state index contributed by atoms with van der Waals surface area (Å²) >= 11 is 0. The van der Waals surface area contributed by atoms with Gasteiger partial charge in [-0.25, -0.2) is 0 Å². The number of aryl methyl sites for hydroxylation is 1. The Bertz CT molecular complexity index is 446. The van der Waals surface area contributed by atoms with Gasteiger partial charge in [0.2, 0.25) is 0 Å². The molecule has 1 atom stereocenters. The first-order valence-electron chi connectivity index (χ1n) is 6.56. The van der Waals surface area contributed by atoms with E-state index in [0.29, 0.717) is 5.92 Å². The monoisotopic (exact) mass is 248 g/mol. The number of rotatable bonds is 3. The first kappa shape index (κ1) is 13.4. The van der Waals surface area contributed by atoms with Crippen LogP contribution in [0.25, 0.3) is 0 Å². The molecule has 1 fully saturated rings. The molecule has 0 radical (unpaired) electrons. The molecule has 0 heterocycles. The molecule has 1 aliphatic rings. The van der Waals surface area contributed by atoms with Gasteiger partial charge in [0.15, 0.2) is 0 Å². The zero-order valence-corrected chi connectivity index (χ0v) is 12.2. The number of ether oxygens (including phenoxy) is 1. The van der Waals surface area contributed by atoms with Crippen molar-refractivity contribution in [2.75, 3.05) is 7.11 Å². The third kappa shape index (κ3) is 1.74. The Hall–Kier alpha value is -1.02. The second kappa shape index (κ2) is 3.99. The molecule has 0 bridgehead atoms. The van der Waals surface area contributed by atoms with Crippen LogP contribution in [0, 0.1) is 23.7 Å².